The summed E-state index contributed by atoms with van der Waals surface area (Å²) in [6.07, 6.45) is 0.438. The first-order valence-electron chi connectivity index (χ1n) is 9.82. The lowest BCUT2D eigenvalue weighted by atomic mass is 10.1. The summed E-state index contributed by atoms with van der Waals surface area (Å²) in [5.41, 5.74) is 1.88. The fraction of sp³-hybridized carbons (Fsp3) is 0.364. The third-order valence-corrected chi connectivity index (χ3v) is 6.99. The van der Waals surface area contributed by atoms with Gasteiger partial charge in [0.2, 0.25) is 5.91 Å². The van der Waals surface area contributed by atoms with Crippen LogP contribution in [0, 0.1) is 5.82 Å². The molecule has 1 saturated heterocycles. The van der Waals surface area contributed by atoms with Crippen molar-refractivity contribution >= 4 is 44.4 Å². The molecule has 2 heterocycles. The first kappa shape index (κ1) is 20.2. The Bertz CT molecular complexity index is 995. The number of hydrogen-bond donors (Lipinski definition) is 0. The number of aromatic nitrogens is 1. The molecule has 0 N–H and O–H groups in total. The molecule has 3 aromatic rings. The van der Waals surface area contributed by atoms with Gasteiger partial charge in [-0.15, -0.1) is 11.8 Å². The molecule has 0 unspecified atom stereocenters. The van der Waals surface area contributed by atoms with E-state index in [1.165, 1.54) is 28.4 Å². The average Bonchev–Trinajstić information content (AvgIpc) is 3.12. The zero-order valence-electron chi connectivity index (χ0n) is 16.6. The van der Waals surface area contributed by atoms with E-state index in [4.69, 9.17) is 0 Å². The number of halogens is 1. The van der Waals surface area contributed by atoms with Gasteiger partial charge in [-0.25, -0.2) is 9.37 Å². The largest absolute Gasteiger partial charge is 0.345 e. The average molecular weight is 430 g/mol. The maximum atomic E-state index is 13.4. The summed E-state index contributed by atoms with van der Waals surface area (Å²) in [5, 5.41) is 1.45. The number of benzene rings is 2. The van der Waals surface area contributed by atoms with Crippen LogP contribution in [0.1, 0.15) is 19.4 Å². The third-order valence-electron chi connectivity index (χ3n) is 4.89. The number of fused-ring (bicyclic) bond motifs is 1. The van der Waals surface area contributed by atoms with Gasteiger partial charge in [0, 0.05) is 36.3 Å². The van der Waals surface area contributed by atoms with Crippen LogP contribution in [0.4, 0.5) is 9.52 Å². The Morgan fingerprint density at radius 3 is 2.55 bits per heavy atom. The predicted molar refractivity (Wildman–Crippen MR) is 120 cm³/mol. The number of anilines is 1. The van der Waals surface area contributed by atoms with Gasteiger partial charge in [-0.05, 0) is 35.9 Å². The second-order valence-corrected chi connectivity index (χ2v) is 10.1. The molecule has 4 rings (SSSR count). The molecule has 152 valence electrons. The van der Waals surface area contributed by atoms with Gasteiger partial charge in [0.25, 0.3) is 0 Å². The number of thioether (sulfide) groups is 1. The molecule has 1 aromatic heterocycles. The summed E-state index contributed by atoms with van der Waals surface area (Å²) in [5.74, 6) is -0.0702. The molecule has 0 radical (unpaired) electrons. The molecule has 0 spiro atoms. The van der Waals surface area contributed by atoms with Crippen LogP contribution in [0.5, 0.6) is 0 Å². The quantitative estimate of drug-likeness (QED) is 0.545. The highest BCUT2D eigenvalue weighted by Crippen LogP contribution is 2.30. The molecule has 1 fully saturated rings. The van der Waals surface area contributed by atoms with E-state index in [-0.39, 0.29) is 11.7 Å². The fourth-order valence-electron chi connectivity index (χ4n) is 3.41. The first-order valence-corrected chi connectivity index (χ1v) is 11.5. The monoisotopic (exact) mass is 429 g/mol. The number of rotatable bonds is 5. The highest BCUT2D eigenvalue weighted by molar-refractivity contribution is 7.99. The van der Waals surface area contributed by atoms with E-state index in [1.54, 1.807) is 6.07 Å². The van der Waals surface area contributed by atoms with Crippen LogP contribution in [0.25, 0.3) is 10.2 Å². The van der Waals surface area contributed by atoms with E-state index >= 15 is 0 Å². The normalized spacial score (nSPS) is 14.8. The standard InChI is InChI=1S/C22H24FN3OS2/c1-15(2)28-18-6-3-16(4-7-18)13-21(27)25-9-11-26(12-10-25)22-24-19-8-5-17(23)14-20(19)29-22/h3-8,14-15H,9-13H2,1-2H3. The van der Waals surface area contributed by atoms with Gasteiger partial charge in [0.1, 0.15) is 5.82 Å². The Morgan fingerprint density at radius 2 is 1.86 bits per heavy atom. The Kier molecular flexibility index (Phi) is 6.06. The van der Waals surface area contributed by atoms with Gasteiger partial charge in [0.05, 0.1) is 16.6 Å². The van der Waals surface area contributed by atoms with Gasteiger partial charge in [-0.3, -0.25) is 4.79 Å². The molecule has 0 atom stereocenters. The topological polar surface area (TPSA) is 36.4 Å². The molecule has 2 aromatic carbocycles. The minimum absolute atomic E-state index is 0.167. The third kappa shape index (κ3) is 4.90. The lowest BCUT2D eigenvalue weighted by Gasteiger charge is -2.34. The molecule has 1 aliphatic rings. The van der Waals surface area contributed by atoms with Crippen molar-refractivity contribution in [3.63, 3.8) is 0 Å². The zero-order chi connectivity index (χ0) is 20.4. The number of hydrogen-bond acceptors (Lipinski definition) is 5. The molecular formula is C22H24FN3OS2. The van der Waals surface area contributed by atoms with Crippen molar-refractivity contribution in [1.29, 1.82) is 0 Å². The lowest BCUT2D eigenvalue weighted by molar-refractivity contribution is -0.130. The summed E-state index contributed by atoms with van der Waals surface area (Å²) in [6.45, 7) is 7.22. The Hall–Kier alpha value is -2.12. The van der Waals surface area contributed by atoms with E-state index in [2.05, 4.69) is 48.0 Å². The molecular weight excluding hydrogens is 405 g/mol. The number of carbonyl (C=O) groups is 1. The van der Waals surface area contributed by atoms with Crippen LogP contribution in [0.15, 0.2) is 47.4 Å². The summed E-state index contributed by atoms with van der Waals surface area (Å²) in [4.78, 5) is 22.7. The van der Waals surface area contributed by atoms with Crippen molar-refractivity contribution < 1.29 is 9.18 Å². The highest BCUT2D eigenvalue weighted by atomic mass is 32.2. The Morgan fingerprint density at radius 1 is 1.14 bits per heavy atom. The molecule has 1 aliphatic heterocycles. The molecule has 0 aliphatic carbocycles. The van der Waals surface area contributed by atoms with Gasteiger partial charge in [-0.1, -0.05) is 37.3 Å². The minimum Gasteiger partial charge on any atom is -0.345 e. The minimum atomic E-state index is -0.237. The summed E-state index contributed by atoms with van der Waals surface area (Å²) >= 11 is 3.33. The lowest BCUT2D eigenvalue weighted by Crippen LogP contribution is -2.49. The van der Waals surface area contributed by atoms with Crippen LogP contribution in [0.2, 0.25) is 0 Å². The van der Waals surface area contributed by atoms with E-state index < -0.39 is 0 Å². The number of nitrogens with zero attached hydrogens (tertiary/aromatic N) is 3. The van der Waals surface area contributed by atoms with Gasteiger partial charge in [0.15, 0.2) is 5.13 Å². The summed E-state index contributed by atoms with van der Waals surface area (Å²) in [6, 6.07) is 13.0. The van der Waals surface area contributed by atoms with Crippen LogP contribution >= 0.6 is 23.1 Å². The van der Waals surface area contributed by atoms with Crippen LogP contribution < -0.4 is 4.90 Å². The number of piperazine rings is 1. The van der Waals surface area contributed by atoms with E-state index in [9.17, 15) is 9.18 Å². The molecule has 7 heteroatoms. The molecule has 29 heavy (non-hydrogen) atoms. The van der Waals surface area contributed by atoms with Gasteiger partial charge in [-0.2, -0.15) is 0 Å². The van der Waals surface area contributed by atoms with Crippen molar-refractivity contribution in [3.05, 3.63) is 53.8 Å². The molecule has 0 saturated carbocycles. The SMILES string of the molecule is CC(C)Sc1ccc(CC(=O)N2CCN(c3nc4ccc(F)cc4s3)CC2)cc1. The molecule has 0 bridgehead atoms. The second kappa shape index (κ2) is 8.71. The summed E-state index contributed by atoms with van der Waals surface area (Å²) in [7, 11) is 0. The van der Waals surface area contributed by atoms with Crippen LogP contribution in [0.3, 0.4) is 0 Å². The van der Waals surface area contributed by atoms with Crippen molar-refractivity contribution in [3.8, 4) is 0 Å². The Balaban J connectivity index is 1.33. The van der Waals surface area contributed by atoms with Gasteiger partial charge < -0.3 is 9.80 Å². The first-order chi connectivity index (χ1) is 14.0. The van der Waals surface area contributed by atoms with E-state index in [1.807, 2.05) is 16.7 Å². The maximum absolute atomic E-state index is 13.4. The molecule has 4 nitrogen and oxygen atoms in total. The molecule has 1 amide bonds. The second-order valence-electron chi connectivity index (χ2n) is 7.46. The number of carbonyl (C=O) groups excluding carboxylic acids is 1. The smallest absolute Gasteiger partial charge is 0.227 e. The van der Waals surface area contributed by atoms with Gasteiger partial charge >= 0.3 is 0 Å². The summed E-state index contributed by atoms with van der Waals surface area (Å²) < 4.78 is 14.3. The van der Waals surface area contributed by atoms with Crippen molar-refractivity contribution in [2.45, 2.75) is 30.4 Å². The van der Waals surface area contributed by atoms with Crippen LogP contribution in [-0.2, 0) is 11.2 Å². The van der Waals surface area contributed by atoms with E-state index in [0.717, 1.165) is 34.0 Å². The highest BCUT2D eigenvalue weighted by Gasteiger charge is 2.23. The number of amides is 1. The van der Waals surface area contributed by atoms with Crippen molar-refractivity contribution in [2.24, 2.45) is 0 Å². The Labute approximate surface area is 178 Å². The zero-order valence-corrected chi connectivity index (χ0v) is 18.2. The predicted octanol–water partition coefficient (Wildman–Crippen LogP) is 4.83. The van der Waals surface area contributed by atoms with Crippen molar-refractivity contribution in [1.82, 2.24) is 9.88 Å². The fourth-order valence-corrected chi connectivity index (χ4v) is 5.29. The van der Waals surface area contributed by atoms with Crippen LogP contribution in [-0.4, -0.2) is 47.2 Å². The van der Waals surface area contributed by atoms with Crippen molar-refractivity contribution in [2.75, 3.05) is 31.1 Å². The maximum Gasteiger partial charge on any atom is 0.227 e. The number of thiazole rings is 1. The van der Waals surface area contributed by atoms with E-state index in [0.29, 0.717) is 24.8 Å².